The molecule has 0 fully saturated rings. The summed E-state index contributed by atoms with van der Waals surface area (Å²) < 4.78 is 7.01. The minimum absolute atomic E-state index is 0.126. The first-order valence-corrected chi connectivity index (χ1v) is 7.10. The summed E-state index contributed by atoms with van der Waals surface area (Å²) in [7, 11) is 0. The van der Waals surface area contributed by atoms with Crippen LogP contribution in [0.2, 0.25) is 0 Å². The van der Waals surface area contributed by atoms with Gasteiger partial charge >= 0.3 is 0 Å². The van der Waals surface area contributed by atoms with Crippen molar-refractivity contribution in [2.45, 2.75) is 13.5 Å². The maximum absolute atomic E-state index is 12.1. The predicted octanol–water partition coefficient (Wildman–Crippen LogP) is 2.45. The zero-order valence-electron chi connectivity index (χ0n) is 12.5. The molecule has 0 atom stereocenters. The van der Waals surface area contributed by atoms with E-state index < -0.39 is 0 Å². The van der Waals surface area contributed by atoms with Crippen molar-refractivity contribution in [3.8, 4) is 0 Å². The highest BCUT2D eigenvalue weighted by Gasteiger charge is 2.12. The number of nitrogens with zero attached hydrogens (tertiary/aromatic N) is 2. The quantitative estimate of drug-likeness (QED) is 0.803. The lowest BCUT2D eigenvalue weighted by molar-refractivity contribution is 0.0994. The van der Waals surface area contributed by atoms with Crippen molar-refractivity contribution in [3.05, 3.63) is 82.3 Å². The fourth-order valence-electron chi connectivity index (χ4n) is 2.13. The van der Waals surface area contributed by atoms with Crippen LogP contribution < -0.4 is 10.9 Å². The molecule has 0 saturated heterocycles. The molecule has 0 aliphatic carbocycles. The molecule has 3 aromatic heterocycles. The minimum atomic E-state index is -0.380. The molecule has 0 aliphatic heterocycles. The van der Waals surface area contributed by atoms with E-state index in [0.717, 1.165) is 5.56 Å². The van der Waals surface area contributed by atoms with Gasteiger partial charge in [-0.25, -0.2) is 4.98 Å². The van der Waals surface area contributed by atoms with Crippen LogP contribution in [0.3, 0.4) is 0 Å². The topological polar surface area (TPSA) is 77.1 Å². The summed E-state index contributed by atoms with van der Waals surface area (Å²) in [6.07, 6.45) is 3.29. The number of pyridine rings is 2. The van der Waals surface area contributed by atoms with Crippen molar-refractivity contribution in [2.75, 3.05) is 5.32 Å². The summed E-state index contributed by atoms with van der Waals surface area (Å²) in [4.78, 5) is 27.9. The highest BCUT2D eigenvalue weighted by Crippen LogP contribution is 2.12. The molecule has 0 unspecified atom stereocenters. The number of rotatable bonds is 4. The highest BCUT2D eigenvalue weighted by molar-refractivity contribution is 6.01. The van der Waals surface area contributed by atoms with Gasteiger partial charge in [-0.05, 0) is 42.8 Å². The molecule has 3 heterocycles. The van der Waals surface area contributed by atoms with Gasteiger partial charge in [0, 0.05) is 18.5 Å². The normalized spacial score (nSPS) is 10.5. The molecule has 0 saturated carbocycles. The van der Waals surface area contributed by atoms with Gasteiger partial charge < -0.3 is 14.3 Å². The second-order valence-corrected chi connectivity index (χ2v) is 5.11. The summed E-state index contributed by atoms with van der Waals surface area (Å²) in [5.74, 6) is 0.787. The summed E-state index contributed by atoms with van der Waals surface area (Å²) in [5.41, 5.74) is 0.873. The van der Waals surface area contributed by atoms with E-state index in [-0.39, 0.29) is 23.8 Å². The van der Waals surface area contributed by atoms with Crippen molar-refractivity contribution >= 4 is 11.7 Å². The Labute approximate surface area is 132 Å². The lowest BCUT2D eigenvalue weighted by Crippen LogP contribution is -2.18. The molecule has 0 aliphatic rings. The zero-order valence-corrected chi connectivity index (χ0v) is 12.5. The van der Waals surface area contributed by atoms with Crippen LogP contribution in [0, 0.1) is 6.92 Å². The average molecular weight is 309 g/mol. The van der Waals surface area contributed by atoms with Crippen molar-refractivity contribution in [2.24, 2.45) is 0 Å². The molecule has 6 heteroatoms. The molecular weight excluding hydrogens is 294 g/mol. The fraction of sp³-hybridized carbons (Fsp3) is 0.118. The second-order valence-electron chi connectivity index (χ2n) is 5.11. The number of carbonyl (C=O) groups excluding carboxylic acids is 1. The van der Waals surface area contributed by atoms with Gasteiger partial charge in [0.1, 0.15) is 11.6 Å². The van der Waals surface area contributed by atoms with E-state index >= 15 is 0 Å². The molecule has 0 radical (unpaired) electrons. The Morgan fingerprint density at radius 3 is 2.91 bits per heavy atom. The van der Waals surface area contributed by atoms with Crippen LogP contribution in [-0.2, 0) is 6.54 Å². The maximum Gasteiger partial charge on any atom is 0.292 e. The van der Waals surface area contributed by atoms with E-state index in [1.54, 1.807) is 42.7 Å². The van der Waals surface area contributed by atoms with E-state index in [2.05, 4.69) is 10.3 Å². The molecule has 0 spiro atoms. The molecule has 23 heavy (non-hydrogen) atoms. The van der Waals surface area contributed by atoms with Gasteiger partial charge in [0.25, 0.3) is 11.5 Å². The molecule has 116 valence electrons. The molecule has 6 nitrogen and oxygen atoms in total. The number of aromatic nitrogens is 2. The minimum Gasteiger partial charge on any atom is -0.454 e. The molecule has 3 rings (SSSR count). The second kappa shape index (κ2) is 6.31. The number of aryl methyl sites for hydroxylation is 1. The van der Waals surface area contributed by atoms with Crippen molar-refractivity contribution in [3.63, 3.8) is 0 Å². The first kappa shape index (κ1) is 14.8. The lowest BCUT2D eigenvalue weighted by Gasteiger charge is -2.03. The van der Waals surface area contributed by atoms with Crippen LogP contribution in [0.15, 0.2) is 64.1 Å². The van der Waals surface area contributed by atoms with Crippen LogP contribution in [0.5, 0.6) is 0 Å². The third-order valence-electron chi connectivity index (χ3n) is 3.27. The van der Waals surface area contributed by atoms with Gasteiger partial charge in [-0.3, -0.25) is 9.59 Å². The standard InChI is InChI=1S/C17H15N3O3/c1-12-7-8-18-15(10-12)19-17(22)14-6-5-13(23-14)11-20-9-3-2-4-16(20)21/h2-10H,11H2,1H3,(H,18,19,22). The third kappa shape index (κ3) is 3.55. The van der Waals surface area contributed by atoms with Gasteiger partial charge in [-0.1, -0.05) is 6.07 Å². The van der Waals surface area contributed by atoms with Gasteiger partial charge in [0.2, 0.25) is 0 Å². The zero-order chi connectivity index (χ0) is 16.2. The monoisotopic (exact) mass is 309 g/mol. The number of carbonyl (C=O) groups is 1. The number of furan rings is 1. The SMILES string of the molecule is Cc1ccnc(NC(=O)c2ccc(Cn3ccccc3=O)o2)c1. The molecule has 3 aromatic rings. The number of amides is 1. The van der Waals surface area contributed by atoms with Crippen LogP contribution in [0.25, 0.3) is 0 Å². The number of hydrogen-bond donors (Lipinski definition) is 1. The first-order chi connectivity index (χ1) is 11.1. The average Bonchev–Trinajstić information content (AvgIpc) is 2.98. The first-order valence-electron chi connectivity index (χ1n) is 7.10. The fourth-order valence-corrected chi connectivity index (χ4v) is 2.13. The summed E-state index contributed by atoms with van der Waals surface area (Å²) >= 11 is 0. The Kier molecular flexibility index (Phi) is 4.05. The van der Waals surface area contributed by atoms with E-state index in [0.29, 0.717) is 11.6 Å². The van der Waals surface area contributed by atoms with Crippen LogP contribution in [-0.4, -0.2) is 15.5 Å². The Morgan fingerprint density at radius 2 is 2.13 bits per heavy atom. The van der Waals surface area contributed by atoms with Crippen molar-refractivity contribution in [1.82, 2.24) is 9.55 Å². The number of anilines is 1. The van der Waals surface area contributed by atoms with Gasteiger partial charge in [0.05, 0.1) is 6.54 Å². The van der Waals surface area contributed by atoms with E-state index in [1.807, 2.05) is 13.0 Å². The summed E-state index contributed by atoms with van der Waals surface area (Å²) in [6.45, 7) is 2.19. The third-order valence-corrected chi connectivity index (χ3v) is 3.27. The van der Waals surface area contributed by atoms with Gasteiger partial charge in [-0.2, -0.15) is 0 Å². The highest BCUT2D eigenvalue weighted by atomic mass is 16.4. The van der Waals surface area contributed by atoms with Crippen LogP contribution in [0.4, 0.5) is 5.82 Å². The van der Waals surface area contributed by atoms with E-state index in [1.165, 1.54) is 10.6 Å². The van der Waals surface area contributed by atoms with Crippen LogP contribution in [0.1, 0.15) is 21.9 Å². The largest absolute Gasteiger partial charge is 0.454 e. The number of hydrogen-bond acceptors (Lipinski definition) is 4. The van der Waals surface area contributed by atoms with E-state index in [9.17, 15) is 9.59 Å². The lowest BCUT2D eigenvalue weighted by atomic mass is 10.3. The van der Waals surface area contributed by atoms with Gasteiger partial charge in [-0.15, -0.1) is 0 Å². The van der Waals surface area contributed by atoms with Crippen molar-refractivity contribution in [1.29, 1.82) is 0 Å². The van der Waals surface area contributed by atoms with Crippen LogP contribution >= 0.6 is 0 Å². The van der Waals surface area contributed by atoms with Gasteiger partial charge in [0.15, 0.2) is 5.76 Å². The summed E-state index contributed by atoms with van der Waals surface area (Å²) in [6, 6.07) is 11.8. The van der Waals surface area contributed by atoms with E-state index in [4.69, 9.17) is 4.42 Å². The molecular formula is C17H15N3O3. The Hall–Kier alpha value is -3.15. The van der Waals surface area contributed by atoms with Crippen molar-refractivity contribution < 1.29 is 9.21 Å². The Morgan fingerprint density at radius 1 is 1.26 bits per heavy atom. The Balaban J connectivity index is 1.73. The molecule has 1 N–H and O–H groups in total. The predicted molar refractivity (Wildman–Crippen MR) is 85.4 cm³/mol. The molecule has 0 bridgehead atoms. The molecule has 1 amide bonds. The number of nitrogens with one attached hydrogen (secondary N) is 1. The smallest absolute Gasteiger partial charge is 0.292 e. The summed E-state index contributed by atoms with van der Waals surface area (Å²) in [5, 5.41) is 2.68. The molecule has 0 aromatic carbocycles. The Bertz CT molecular complexity index is 896. The maximum atomic E-state index is 12.1.